The summed E-state index contributed by atoms with van der Waals surface area (Å²) in [5.41, 5.74) is 0.639. The van der Waals surface area contributed by atoms with Gasteiger partial charge in [0.1, 0.15) is 12.0 Å². The molecule has 0 amide bonds. The predicted molar refractivity (Wildman–Crippen MR) is 92.9 cm³/mol. The van der Waals surface area contributed by atoms with Crippen LogP contribution in [0, 0.1) is 0 Å². The molecule has 0 heterocycles. The van der Waals surface area contributed by atoms with Crippen molar-refractivity contribution in [1.82, 2.24) is 0 Å². The molecule has 0 radical (unpaired) electrons. The van der Waals surface area contributed by atoms with Gasteiger partial charge in [-0.1, -0.05) is 6.08 Å². The van der Waals surface area contributed by atoms with Crippen LogP contribution in [0.3, 0.4) is 0 Å². The van der Waals surface area contributed by atoms with Crippen molar-refractivity contribution in [3.63, 3.8) is 0 Å². The van der Waals surface area contributed by atoms with E-state index in [9.17, 15) is 4.79 Å². The number of hydrogen-bond acceptors (Lipinski definition) is 5. The minimum atomic E-state index is -0.0370. The summed E-state index contributed by atoms with van der Waals surface area (Å²) in [6.07, 6.45) is 2.50. The van der Waals surface area contributed by atoms with Gasteiger partial charge < -0.3 is 18.9 Å². The molecule has 0 atom stereocenters. The molecule has 1 aromatic rings. The van der Waals surface area contributed by atoms with E-state index in [-0.39, 0.29) is 13.1 Å². The van der Waals surface area contributed by atoms with Crippen LogP contribution in [0.1, 0.15) is 38.1 Å². The Balaban J connectivity index is 0. The second kappa shape index (κ2) is 18.4. The van der Waals surface area contributed by atoms with E-state index in [2.05, 4.69) is 6.58 Å². The fourth-order valence-electron chi connectivity index (χ4n) is 1.29. The Hall–Kier alpha value is -1.69. The van der Waals surface area contributed by atoms with Crippen LogP contribution in [-0.4, -0.2) is 39.7 Å². The van der Waals surface area contributed by atoms with E-state index in [1.54, 1.807) is 37.5 Å². The molecule has 0 spiro atoms. The number of rotatable bonds is 8. The van der Waals surface area contributed by atoms with Gasteiger partial charge in [0, 0.05) is 25.9 Å². The van der Waals surface area contributed by atoms with Crippen molar-refractivity contribution in [2.75, 3.05) is 27.1 Å². The second-order valence-corrected chi connectivity index (χ2v) is 4.12. The van der Waals surface area contributed by atoms with Gasteiger partial charge in [0.15, 0.2) is 13.1 Å². The summed E-state index contributed by atoms with van der Waals surface area (Å²) in [6.45, 7) is 12.7. The third-order valence-electron chi connectivity index (χ3n) is 2.16. The molecule has 1 rings (SSSR count). The molecular formula is C18H30O5. The van der Waals surface area contributed by atoms with Crippen molar-refractivity contribution in [2.24, 2.45) is 0 Å². The highest BCUT2D eigenvalue weighted by Crippen LogP contribution is 2.10. The van der Waals surface area contributed by atoms with Crippen LogP contribution in [-0.2, 0) is 14.2 Å². The van der Waals surface area contributed by atoms with Gasteiger partial charge in [-0.25, -0.2) is 0 Å². The number of hydrogen-bond donors (Lipinski definition) is 0. The van der Waals surface area contributed by atoms with Gasteiger partial charge in [0.25, 0.3) is 0 Å². The van der Waals surface area contributed by atoms with E-state index >= 15 is 0 Å². The smallest absolute Gasteiger partial charge is 0.188 e. The van der Waals surface area contributed by atoms with Crippen LogP contribution >= 0.6 is 0 Å². The quantitative estimate of drug-likeness (QED) is 0.409. The van der Waals surface area contributed by atoms with Gasteiger partial charge in [-0.15, -0.1) is 6.58 Å². The van der Waals surface area contributed by atoms with Crippen molar-refractivity contribution in [2.45, 2.75) is 34.0 Å². The zero-order chi connectivity index (χ0) is 17.9. The number of carbonyl (C=O) groups excluding carboxylic acids is 1. The Morgan fingerprint density at radius 1 is 1.13 bits per heavy atom. The lowest BCUT2D eigenvalue weighted by atomic mass is 10.2. The number of benzene rings is 1. The van der Waals surface area contributed by atoms with Crippen molar-refractivity contribution < 1.29 is 23.7 Å². The molecule has 0 saturated heterocycles. The molecule has 0 saturated carbocycles. The third-order valence-corrected chi connectivity index (χ3v) is 2.16. The van der Waals surface area contributed by atoms with Crippen LogP contribution in [0.2, 0.25) is 0 Å². The summed E-state index contributed by atoms with van der Waals surface area (Å²) in [4.78, 5) is 10.3. The molecule has 0 aliphatic rings. The third kappa shape index (κ3) is 16.5. The molecule has 5 nitrogen and oxygen atoms in total. The summed E-state index contributed by atoms with van der Waals surface area (Å²) in [5.74, 6) is 0.697. The average molecular weight is 326 g/mol. The largest absolute Gasteiger partial charge is 0.468 e. The van der Waals surface area contributed by atoms with Crippen LogP contribution < -0.4 is 4.74 Å². The highest BCUT2D eigenvalue weighted by molar-refractivity contribution is 5.74. The molecule has 0 aliphatic carbocycles. The molecular weight excluding hydrogens is 296 g/mol. The Morgan fingerprint density at radius 3 is 1.96 bits per heavy atom. The normalized spacial score (nSPS) is 9.13. The molecule has 132 valence electrons. The van der Waals surface area contributed by atoms with E-state index in [1.165, 1.54) is 0 Å². The molecule has 5 heteroatoms. The Labute approximate surface area is 140 Å². The van der Waals surface area contributed by atoms with Gasteiger partial charge in [-0.05, 0) is 52.0 Å². The number of methoxy groups -OCH3 is 1. The van der Waals surface area contributed by atoms with Gasteiger partial charge in [0.05, 0.1) is 0 Å². The van der Waals surface area contributed by atoms with Crippen molar-refractivity contribution in [3.05, 3.63) is 42.5 Å². The first kappa shape index (κ1) is 23.6. The lowest BCUT2D eigenvalue weighted by Crippen LogP contribution is -2.11. The fraction of sp³-hybridized carbons (Fsp3) is 0.500. The zero-order valence-electron chi connectivity index (χ0n) is 14.9. The number of aldehydes is 1. The van der Waals surface area contributed by atoms with E-state index in [1.807, 2.05) is 27.7 Å². The van der Waals surface area contributed by atoms with Gasteiger partial charge in [-0.3, -0.25) is 4.79 Å². The van der Waals surface area contributed by atoms with E-state index < -0.39 is 0 Å². The molecule has 0 aromatic heterocycles. The van der Waals surface area contributed by atoms with E-state index in [4.69, 9.17) is 18.9 Å². The van der Waals surface area contributed by atoms with Gasteiger partial charge in [-0.2, -0.15) is 0 Å². The standard InChI is InChI=1S/C9H10O3.C6H14O2.C3H6/c1-11-7-12-9-4-2-8(6-10)3-5-9;1-4-7-6(3)8-5-2;1-3-2/h2-6H,7H2,1H3;6H,4-5H2,1-3H3;3H,1H2,2H3. The summed E-state index contributed by atoms with van der Waals surface area (Å²) < 4.78 is 19.9. The molecule has 1 aromatic carbocycles. The molecule has 23 heavy (non-hydrogen) atoms. The second-order valence-electron chi connectivity index (χ2n) is 4.12. The van der Waals surface area contributed by atoms with Crippen molar-refractivity contribution in [1.29, 1.82) is 0 Å². The van der Waals surface area contributed by atoms with E-state index in [0.29, 0.717) is 11.3 Å². The van der Waals surface area contributed by atoms with E-state index in [0.717, 1.165) is 19.5 Å². The number of carbonyl (C=O) groups is 1. The van der Waals surface area contributed by atoms with Crippen LogP contribution in [0.4, 0.5) is 0 Å². The monoisotopic (exact) mass is 326 g/mol. The van der Waals surface area contributed by atoms with Crippen molar-refractivity contribution in [3.8, 4) is 5.75 Å². The minimum absolute atomic E-state index is 0.0370. The first-order valence-electron chi connectivity index (χ1n) is 7.56. The Morgan fingerprint density at radius 2 is 1.61 bits per heavy atom. The first-order valence-corrected chi connectivity index (χ1v) is 7.56. The molecule has 0 fully saturated rings. The summed E-state index contributed by atoms with van der Waals surface area (Å²) in [5, 5.41) is 0. The minimum Gasteiger partial charge on any atom is -0.468 e. The first-order chi connectivity index (χ1) is 11.1. The number of allylic oxidation sites excluding steroid dienone is 1. The highest BCUT2D eigenvalue weighted by Gasteiger charge is 1.95. The van der Waals surface area contributed by atoms with Crippen LogP contribution in [0.15, 0.2) is 36.9 Å². The van der Waals surface area contributed by atoms with Gasteiger partial charge in [0.2, 0.25) is 0 Å². The summed E-state index contributed by atoms with van der Waals surface area (Å²) in [6, 6.07) is 6.83. The maximum Gasteiger partial charge on any atom is 0.188 e. The predicted octanol–water partition coefficient (Wildman–Crippen LogP) is 4.08. The molecule has 0 N–H and O–H groups in total. The molecule has 0 unspecified atom stereocenters. The lowest BCUT2D eigenvalue weighted by Gasteiger charge is -2.09. The molecule has 0 bridgehead atoms. The van der Waals surface area contributed by atoms with Crippen LogP contribution in [0.5, 0.6) is 5.75 Å². The average Bonchev–Trinajstić information content (AvgIpc) is 2.55. The number of ether oxygens (including phenoxy) is 4. The maximum atomic E-state index is 10.3. The Bertz CT molecular complexity index is 370. The molecule has 0 aliphatic heterocycles. The lowest BCUT2D eigenvalue weighted by molar-refractivity contribution is -0.123. The Kier molecular flexibility index (Phi) is 18.8. The zero-order valence-corrected chi connectivity index (χ0v) is 14.9. The van der Waals surface area contributed by atoms with Gasteiger partial charge >= 0.3 is 0 Å². The summed E-state index contributed by atoms with van der Waals surface area (Å²) >= 11 is 0. The topological polar surface area (TPSA) is 54.0 Å². The van der Waals surface area contributed by atoms with Crippen LogP contribution in [0.25, 0.3) is 0 Å². The summed E-state index contributed by atoms with van der Waals surface area (Å²) in [7, 11) is 1.56. The maximum absolute atomic E-state index is 10.3. The SMILES string of the molecule is C=CC.CCOC(C)OCC.COCOc1ccc(C=O)cc1. The fourth-order valence-corrected chi connectivity index (χ4v) is 1.29. The highest BCUT2D eigenvalue weighted by atomic mass is 16.7. The van der Waals surface area contributed by atoms with Crippen molar-refractivity contribution >= 4 is 6.29 Å².